The zero-order chi connectivity index (χ0) is 15.2. The molecule has 0 heterocycles. The maximum atomic E-state index is 10.6. The van der Waals surface area contributed by atoms with E-state index in [9.17, 15) is 9.59 Å². The molecule has 0 unspecified atom stereocenters. The normalized spacial score (nSPS) is 16.2. The average Bonchev–Trinajstić information content (AvgIpc) is 2.74. The maximum Gasteiger partial charge on any atom is 1.00 e. The van der Waals surface area contributed by atoms with Crippen LogP contribution in [0.5, 0.6) is 0 Å². The molecule has 2 aliphatic rings. The summed E-state index contributed by atoms with van der Waals surface area (Å²) in [6.45, 7) is 0. The first-order valence-electron chi connectivity index (χ1n) is 6.69. The summed E-state index contributed by atoms with van der Waals surface area (Å²) in [5.74, 6) is 0.824. The maximum absolute atomic E-state index is 10.6. The Morgan fingerprint density at radius 2 is 1.00 bits per heavy atom. The molecule has 0 saturated carbocycles. The van der Waals surface area contributed by atoms with E-state index in [0.717, 1.165) is 51.4 Å². The quantitative estimate of drug-likeness (QED) is 0.218. The van der Waals surface area contributed by atoms with E-state index < -0.39 is 5.09 Å². The molecular weight excluding hydrogens is 382 g/mol. The van der Waals surface area contributed by atoms with Crippen molar-refractivity contribution in [3.63, 3.8) is 0 Å². The molecule has 2 aliphatic carbocycles. The SMILES string of the molecule is O=C1CCC=CCC1.O=C1CCC=CCC1.O=[N+]([O-])O.[Ag+].[CH3-]. The van der Waals surface area contributed by atoms with Crippen LogP contribution in [0.25, 0.3) is 0 Å². The van der Waals surface area contributed by atoms with E-state index >= 15 is 0 Å². The number of hydrogen-bond donors (Lipinski definition) is 1. The monoisotopic (exact) mass is 405 g/mol. The average molecular weight is 406 g/mol. The van der Waals surface area contributed by atoms with Crippen LogP contribution >= 0.6 is 0 Å². The summed E-state index contributed by atoms with van der Waals surface area (Å²) in [6.07, 6.45) is 15.2. The molecule has 7 heteroatoms. The molecule has 0 spiro atoms. The van der Waals surface area contributed by atoms with E-state index in [0.29, 0.717) is 11.6 Å². The van der Waals surface area contributed by atoms with Gasteiger partial charge in [-0.2, -0.15) is 0 Å². The Bertz CT molecular complexity index is 322. The molecular formula is C15H24AgNO5. The smallest absolute Gasteiger partial charge is 0.358 e. The molecule has 1 N–H and O–H groups in total. The first kappa shape index (κ1) is 25.7. The number of carbonyl (C=O) groups excluding carboxylic acids is 2. The van der Waals surface area contributed by atoms with Gasteiger partial charge in [-0.3, -0.25) is 9.59 Å². The molecule has 130 valence electrons. The van der Waals surface area contributed by atoms with Gasteiger partial charge in [0.2, 0.25) is 0 Å². The van der Waals surface area contributed by atoms with Crippen LogP contribution in [0.3, 0.4) is 0 Å². The Morgan fingerprint density at radius 3 is 1.18 bits per heavy atom. The molecule has 2 rings (SSSR count). The van der Waals surface area contributed by atoms with Crippen molar-refractivity contribution in [3.8, 4) is 0 Å². The second kappa shape index (κ2) is 17.8. The second-order valence-corrected chi connectivity index (χ2v) is 4.41. The third-order valence-corrected chi connectivity index (χ3v) is 2.69. The second-order valence-electron chi connectivity index (χ2n) is 4.41. The zero-order valence-electron chi connectivity index (χ0n) is 12.8. The summed E-state index contributed by atoms with van der Waals surface area (Å²) in [5.41, 5.74) is 0. The van der Waals surface area contributed by atoms with Crippen LogP contribution in [0.2, 0.25) is 0 Å². The standard InChI is InChI=1S/2C7H10O.CH3.Ag.HNO3/c2*8-7-5-3-1-2-4-6-7;;;2-1(3)4/h2*1-2H,3-6H2;1H3;;(H,2,3,4)/q;;-1;+1;. The Morgan fingerprint density at radius 1 is 0.818 bits per heavy atom. The van der Waals surface area contributed by atoms with Crippen LogP contribution in [-0.2, 0) is 32.0 Å². The van der Waals surface area contributed by atoms with Crippen molar-refractivity contribution < 1.29 is 42.3 Å². The predicted octanol–water partition coefficient (Wildman–Crippen LogP) is 3.47. The van der Waals surface area contributed by atoms with Crippen LogP contribution in [0.15, 0.2) is 24.3 Å². The summed E-state index contributed by atoms with van der Waals surface area (Å²) >= 11 is 0. The van der Waals surface area contributed by atoms with Crippen LogP contribution in [0.1, 0.15) is 51.4 Å². The Balaban J connectivity index is -0.000000249. The van der Waals surface area contributed by atoms with Crippen molar-refractivity contribution in [1.29, 1.82) is 0 Å². The van der Waals surface area contributed by atoms with E-state index in [-0.39, 0.29) is 29.8 Å². The largest absolute Gasteiger partial charge is 1.00 e. The fourth-order valence-corrected chi connectivity index (χ4v) is 1.70. The van der Waals surface area contributed by atoms with Gasteiger partial charge in [-0.25, -0.2) is 0 Å². The van der Waals surface area contributed by atoms with Crippen LogP contribution in [0.4, 0.5) is 0 Å². The van der Waals surface area contributed by atoms with Gasteiger partial charge in [0.15, 0.2) is 0 Å². The third kappa shape index (κ3) is 21.1. The molecule has 0 atom stereocenters. The van der Waals surface area contributed by atoms with Crippen molar-refractivity contribution in [2.24, 2.45) is 0 Å². The molecule has 22 heavy (non-hydrogen) atoms. The third-order valence-electron chi connectivity index (χ3n) is 2.69. The summed E-state index contributed by atoms with van der Waals surface area (Å²) in [6, 6.07) is 0. The number of hydrogen-bond acceptors (Lipinski definition) is 4. The number of Topliss-reactive ketones (excluding diaryl/α,β-unsaturated/α-hetero) is 2. The summed E-state index contributed by atoms with van der Waals surface area (Å²) < 4.78 is 0. The fraction of sp³-hybridized carbons (Fsp3) is 0.533. The van der Waals surface area contributed by atoms with E-state index in [1.54, 1.807) is 0 Å². The van der Waals surface area contributed by atoms with E-state index in [1.165, 1.54) is 0 Å². The van der Waals surface area contributed by atoms with Gasteiger partial charge < -0.3 is 12.6 Å². The minimum atomic E-state index is -1.50. The van der Waals surface area contributed by atoms with Gasteiger partial charge in [0.05, 0.1) is 0 Å². The molecule has 0 aromatic carbocycles. The van der Waals surface area contributed by atoms with Crippen LogP contribution in [0, 0.1) is 17.5 Å². The van der Waals surface area contributed by atoms with Gasteiger partial charge in [0, 0.05) is 25.7 Å². The Kier molecular flexibility index (Phi) is 20.8. The van der Waals surface area contributed by atoms with Crippen molar-refractivity contribution in [2.75, 3.05) is 0 Å². The molecule has 0 aromatic heterocycles. The predicted molar refractivity (Wildman–Crippen MR) is 80.4 cm³/mol. The van der Waals surface area contributed by atoms with E-state index in [2.05, 4.69) is 24.3 Å². The Labute approximate surface area is 147 Å². The van der Waals surface area contributed by atoms with Gasteiger partial charge >= 0.3 is 22.4 Å². The van der Waals surface area contributed by atoms with Crippen LogP contribution in [-0.4, -0.2) is 21.9 Å². The Hall–Kier alpha value is -1.24. The molecule has 0 saturated heterocycles. The van der Waals surface area contributed by atoms with Crippen LogP contribution < -0.4 is 0 Å². The van der Waals surface area contributed by atoms with Gasteiger partial charge in [-0.05, 0) is 25.7 Å². The van der Waals surface area contributed by atoms with Crippen molar-refractivity contribution >= 4 is 11.6 Å². The minimum absolute atomic E-state index is 0. The fourth-order valence-electron chi connectivity index (χ4n) is 1.70. The number of carbonyl (C=O) groups is 2. The van der Waals surface area contributed by atoms with Crippen molar-refractivity contribution in [1.82, 2.24) is 0 Å². The molecule has 6 nitrogen and oxygen atoms in total. The number of allylic oxidation sites excluding steroid dienone is 4. The molecule has 0 aliphatic heterocycles. The summed E-state index contributed by atoms with van der Waals surface area (Å²) in [7, 11) is 0. The minimum Gasteiger partial charge on any atom is -0.358 e. The molecule has 0 fully saturated rings. The number of rotatable bonds is 0. The molecule has 0 aromatic rings. The van der Waals surface area contributed by atoms with E-state index in [4.69, 9.17) is 15.3 Å². The van der Waals surface area contributed by atoms with Gasteiger partial charge in [0.25, 0.3) is 5.09 Å². The number of nitrogens with zero attached hydrogens (tertiary/aromatic N) is 1. The first-order valence-corrected chi connectivity index (χ1v) is 6.69. The number of ketones is 2. The van der Waals surface area contributed by atoms with E-state index in [1.807, 2.05) is 0 Å². The van der Waals surface area contributed by atoms with Gasteiger partial charge in [0.1, 0.15) is 11.6 Å². The van der Waals surface area contributed by atoms with Crippen molar-refractivity contribution in [2.45, 2.75) is 51.4 Å². The first-order chi connectivity index (χ1) is 9.52. The van der Waals surface area contributed by atoms with Gasteiger partial charge in [-0.1, -0.05) is 24.3 Å². The molecule has 0 amide bonds. The van der Waals surface area contributed by atoms with Gasteiger partial charge in [-0.15, -0.1) is 10.1 Å². The summed E-state index contributed by atoms with van der Waals surface area (Å²) in [5, 5.41) is 13.6. The topological polar surface area (TPSA) is 97.5 Å². The molecule has 0 radical (unpaired) electrons. The zero-order valence-corrected chi connectivity index (χ0v) is 14.3. The molecule has 0 bridgehead atoms. The van der Waals surface area contributed by atoms with Crippen molar-refractivity contribution in [3.05, 3.63) is 41.8 Å². The summed E-state index contributed by atoms with van der Waals surface area (Å²) in [4.78, 5) is 29.6.